The molecule has 1 rings (SSSR count). The Hall–Kier alpha value is -1.11. The summed E-state index contributed by atoms with van der Waals surface area (Å²) >= 11 is 0. The van der Waals surface area contributed by atoms with Crippen molar-refractivity contribution >= 4 is 0 Å². The fourth-order valence-electron chi connectivity index (χ4n) is 2.09. The van der Waals surface area contributed by atoms with Crippen molar-refractivity contribution in [1.29, 1.82) is 0 Å². The lowest BCUT2D eigenvalue weighted by Crippen LogP contribution is -2.40. The summed E-state index contributed by atoms with van der Waals surface area (Å²) in [5.41, 5.74) is -0.560. The minimum absolute atomic E-state index is 0.121. The van der Waals surface area contributed by atoms with E-state index in [2.05, 4.69) is 0 Å². The van der Waals surface area contributed by atoms with E-state index in [9.17, 15) is 23.4 Å². The molecule has 1 unspecified atom stereocenters. The first kappa shape index (κ1) is 17.9. The van der Waals surface area contributed by atoms with Gasteiger partial charge in [0.1, 0.15) is 0 Å². The molecule has 0 saturated carbocycles. The van der Waals surface area contributed by atoms with Gasteiger partial charge < -0.3 is 10.2 Å². The summed E-state index contributed by atoms with van der Waals surface area (Å²) < 4.78 is 37.6. The Bertz CT molecular complexity index is 441. The highest BCUT2D eigenvalue weighted by atomic mass is 19.4. The van der Waals surface area contributed by atoms with E-state index >= 15 is 0 Å². The Morgan fingerprint density at radius 3 is 1.95 bits per heavy atom. The second-order valence-corrected chi connectivity index (χ2v) is 5.84. The van der Waals surface area contributed by atoms with E-state index in [0.29, 0.717) is 6.54 Å². The quantitative estimate of drug-likeness (QED) is 0.849. The van der Waals surface area contributed by atoms with Gasteiger partial charge in [0.05, 0.1) is 18.8 Å². The zero-order valence-electron chi connectivity index (χ0n) is 12.5. The molecular formula is C15H22F3NO2. The van der Waals surface area contributed by atoms with Crippen LogP contribution in [-0.2, 0) is 6.18 Å². The fourth-order valence-corrected chi connectivity index (χ4v) is 2.09. The van der Waals surface area contributed by atoms with Crippen molar-refractivity contribution in [2.45, 2.75) is 26.1 Å². The average molecular weight is 305 g/mol. The van der Waals surface area contributed by atoms with Crippen LogP contribution in [-0.4, -0.2) is 41.9 Å². The number of hydrogen-bond donors (Lipinski definition) is 2. The van der Waals surface area contributed by atoms with Gasteiger partial charge in [-0.25, -0.2) is 0 Å². The minimum atomic E-state index is -4.33. The van der Waals surface area contributed by atoms with Gasteiger partial charge in [0.25, 0.3) is 0 Å². The van der Waals surface area contributed by atoms with E-state index in [0.717, 1.165) is 17.7 Å². The molecule has 0 amide bonds. The highest BCUT2D eigenvalue weighted by molar-refractivity contribution is 5.26. The van der Waals surface area contributed by atoms with Crippen molar-refractivity contribution in [3.05, 3.63) is 35.4 Å². The molecule has 0 aromatic heterocycles. The van der Waals surface area contributed by atoms with E-state index in [1.54, 1.807) is 6.92 Å². The first-order valence-electron chi connectivity index (χ1n) is 6.72. The van der Waals surface area contributed by atoms with E-state index in [1.165, 1.54) is 12.1 Å². The van der Waals surface area contributed by atoms with Gasteiger partial charge in [-0.3, -0.25) is 4.90 Å². The van der Waals surface area contributed by atoms with Crippen molar-refractivity contribution < 1.29 is 23.4 Å². The third-order valence-electron chi connectivity index (χ3n) is 3.78. The fraction of sp³-hybridized carbons (Fsp3) is 0.600. The molecule has 120 valence electrons. The van der Waals surface area contributed by atoms with Crippen LogP contribution >= 0.6 is 0 Å². The maximum Gasteiger partial charge on any atom is 0.416 e. The first-order chi connectivity index (χ1) is 9.63. The molecule has 0 aliphatic rings. The second-order valence-electron chi connectivity index (χ2n) is 5.84. The van der Waals surface area contributed by atoms with Crippen LogP contribution in [0.2, 0.25) is 0 Å². The van der Waals surface area contributed by atoms with E-state index < -0.39 is 17.2 Å². The number of alkyl halides is 3. The minimum Gasteiger partial charge on any atom is -0.396 e. The van der Waals surface area contributed by atoms with Crippen molar-refractivity contribution in [2.75, 3.05) is 26.8 Å². The molecule has 0 radical (unpaired) electrons. The molecule has 1 aromatic carbocycles. The molecule has 3 nitrogen and oxygen atoms in total. The molecule has 1 aromatic rings. The van der Waals surface area contributed by atoms with Crippen LogP contribution in [0.1, 0.15) is 31.0 Å². The lowest BCUT2D eigenvalue weighted by atomic mass is 9.91. The van der Waals surface area contributed by atoms with Crippen LogP contribution in [0.25, 0.3) is 0 Å². The molecular weight excluding hydrogens is 283 g/mol. The lowest BCUT2D eigenvalue weighted by molar-refractivity contribution is -0.137. The van der Waals surface area contributed by atoms with Crippen molar-refractivity contribution in [2.24, 2.45) is 5.41 Å². The van der Waals surface area contributed by atoms with Crippen LogP contribution in [0.4, 0.5) is 13.2 Å². The SMILES string of the molecule is CC(c1ccc(C(F)(F)F)cc1)N(C)CC(C)(CO)CO. The van der Waals surface area contributed by atoms with Gasteiger partial charge in [0, 0.05) is 18.0 Å². The van der Waals surface area contributed by atoms with Crippen LogP contribution in [0.3, 0.4) is 0 Å². The zero-order chi connectivity index (χ0) is 16.3. The zero-order valence-corrected chi connectivity index (χ0v) is 12.5. The monoisotopic (exact) mass is 305 g/mol. The van der Waals surface area contributed by atoms with Gasteiger partial charge in [0.2, 0.25) is 0 Å². The highest BCUT2D eigenvalue weighted by Gasteiger charge is 2.31. The molecule has 0 bridgehead atoms. The van der Waals surface area contributed by atoms with Crippen LogP contribution in [0.5, 0.6) is 0 Å². The van der Waals surface area contributed by atoms with Gasteiger partial charge in [-0.05, 0) is 31.7 Å². The van der Waals surface area contributed by atoms with E-state index in [-0.39, 0.29) is 19.3 Å². The van der Waals surface area contributed by atoms with E-state index in [4.69, 9.17) is 0 Å². The Morgan fingerprint density at radius 1 is 1.10 bits per heavy atom. The summed E-state index contributed by atoms with van der Waals surface area (Å²) in [4.78, 5) is 1.90. The maximum absolute atomic E-state index is 12.5. The van der Waals surface area contributed by atoms with Gasteiger partial charge in [-0.15, -0.1) is 0 Å². The first-order valence-corrected chi connectivity index (χ1v) is 6.72. The average Bonchev–Trinajstić information content (AvgIpc) is 2.45. The Balaban J connectivity index is 2.81. The Morgan fingerprint density at radius 2 is 1.57 bits per heavy atom. The van der Waals surface area contributed by atoms with Crippen molar-refractivity contribution in [3.63, 3.8) is 0 Å². The largest absolute Gasteiger partial charge is 0.416 e. The summed E-state index contributed by atoms with van der Waals surface area (Å²) in [5.74, 6) is 0. The normalized spacial score (nSPS) is 14.5. The van der Waals surface area contributed by atoms with Gasteiger partial charge >= 0.3 is 6.18 Å². The molecule has 0 heterocycles. The summed E-state index contributed by atoms with van der Waals surface area (Å²) in [6.07, 6.45) is -4.33. The standard InChI is InChI=1S/C15H22F3NO2/c1-11(19(3)8-14(2,9-20)10-21)12-4-6-13(7-5-12)15(16,17)18/h4-7,11,20-21H,8-10H2,1-3H3. The second kappa shape index (κ2) is 6.77. The summed E-state index contributed by atoms with van der Waals surface area (Å²) in [6.45, 7) is 3.74. The molecule has 0 spiro atoms. The Kier molecular flexibility index (Phi) is 5.78. The summed E-state index contributed by atoms with van der Waals surface area (Å²) in [7, 11) is 1.81. The number of benzene rings is 1. The molecule has 2 N–H and O–H groups in total. The molecule has 21 heavy (non-hydrogen) atoms. The number of nitrogens with zero attached hydrogens (tertiary/aromatic N) is 1. The molecule has 0 aliphatic carbocycles. The molecule has 0 fully saturated rings. The highest BCUT2D eigenvalue weighted by Crippen LogP contribution is 2.31. The molecule has 6 heteroatoms. The van der Waals surface area contributed by atoms with Crippen LogP contribution in [0.15, 0.2) is 24.3 Å². The van der Waals surface area contributed by atoms with Gasteiger partial charge in [-0.2, -0.15) is 13.2 Å². The van der Waals surface area contributed by atoms with E-state index in [1.807, 2.05) is 18.9 Å². The number of aliphatic hydroxyl groups is 2. The van der Waals surface area contributed by atoms with Crippen LogP contribution < -0.4 is 0 Å². The summed E-state index contributed by atoms with van der Waals surface area (Å²) in [5, 5.41) is 18.6. The van der Waals surface area contributed by atoms with Gasteiger partial charge in [0.15, 0.2) is 0 Å². The predicted octanol–water partition coefficient (Wildman–Crippen LogP) is 2.69. The van der Waals surface area contributed by atoms with Crippen molar-refractivity contribution in [1.82, 2.24) is 4.90 Å². The summed E-state index contributed by atoms with van der Waals surface area (Å²) in [6, 6.07) is 4.93. The number of aliphatic hydroxyl groups excluding tert-OH is 2. The third-order valence-corrected chi connectivity index (χ3v) is 3.78. The number of rotatable bonds is 6. The smallest absolute Gasteiger partial charge is 0.396 e. The Labute approximate surface area is 123 Å². The van der Waals surface area contributed by atoms with Gasteiger partial charge in [-0.1, -0.05) is 19.1 Å². The lowest BCUT2D eigenvalue weighted by Gasteiger charge is -2.34. The topological polar surface area (TPSA) is 43.7 Å². The maximum atomic E-state index is 12.5. The number of hydrogen-bond acceptors (Lipinski definition) is 3. The molecule has 1 atom stereocenters. The van der Waals surface area contributed by atoms with Crippen molar-refractivity contribution in [3.8, 4) is 0 Å². The molecule has 0 aliphatic heterocycles. The van der Waals surface area contributed by atoms with Crippen LogP contribution in [0, 0.1) is 5.41 Å². The third kappa shape index (κ3) is 4.69. The number of halogens is 3. The predicted molar refractivity (Wildman–Crippen MR) is 74.8 cm³/mol. The molecule has 0 saturated heterocycles.